The van der Waals surface area contributed by atoms with Crippen molar-refractivity contribution in [3.63, 3.8) is 0 Å². The first-order chi connectivity index (χ1) is 11.2. The fourth-order valence-electron chi connectivity index (χ4n) is 3.31. The molecule has 1 N–H and O–H groups in total. The number of carbonyl (C=O) groups is 1. The third kappa shape index (κ3) is 2.75. The Hall–Kier alpha value is -2.07. The minimum atomic E-state index is -0.379. The summed E-state index contributed by atoms with van der Waals surface area (Å²) in [5.41, 5.74) is 3.66. The topological polar surface area (TPSA) is 55.1 Å². The normalized spacial score (nSPS) is 17.5. The number of aryl methyl sites for hydroxylation is 2. The lowest BCUT2D eigenvalue weighted by Gasteiger charge is -2.31. The highest BCUT2D eigenvalue weighted by molar-refractivity contribution is 6.30. The molecule has 126 valence electrons. The predicted molar refractivity (Wildman–Crippen MR) is 95.6 cm³/mol. The second-order valence-electron chi connectivity index (χ2n) is 7.09. The molecule has 1 aliphatic carbocycles. The monoisotopic (exact) mass is 344 g/mol. The molecule has 0 saturated heterocycles. The maximum atomic E-state index is 12.5. The minimum absolute atomic E-state index is 0.00732. The van der Waals surface area contributed by atoms with Crippen LogP contribution in [0.25, 0.3) is 11.3 Å². The molecule has 0 fully saturated rings. The van der Waals surface area contributed by atoms with E-state index in [4.69, 9.17) is 11.6 Å². The summed E-state index contributed by atoms with van der Waals surface area (Å²) in [6.45, 7) is 7.84. The van der Waals surface area contributed by atoms with E-state index in [1.165, 1.54) is 0 Å². The van der Waals surface area contributed by atoms with Gasteiger partial charge in [0.15, 0.2) is 5.78 Å². The van der Waals surface area contributed by atoms with Gasteiger partial charge in [0.1, 0.15) is 5.76 Å². The van der Waals surface area contributed by atoms with Crippen LogP contribution < -0.4 is 0 Å². The number of rotatable bonds is 2. The highest BCUT2D eigenvalue weighted by atomic mass is 35.5. The van der Waals surface area contributed by atoms with Gasteiger partial charge in [-0.3, -0.25) is 4.79 Å². The van der Waals surface area contributed by atoms with Crippen LogP contribution in [0.3, 0.4) is 0 Å². The molecule has 0 unspecified atom stereocenters. The van der Waals surface area contributed by atoms with E-state index in [1.807, 2.05) is 39.8 Å². The molecule has 5 heteroatoms. The summed E-state index contributed by atoms with van der Waals surface area (Å²) in [4.78, 5) is 12.5. The van der Waals surface area contributed by atoms with Crippen molar-refractivity contribution in [2.45, 2.75) is 40.5 Å². The molecule has 24 heavy (non-hydrogen) atoms. The first kappa shape index (κ1) is 16.8. The Morgan fingerprint density at radius 1 is 1.25 bits per heavy atom. The van der Waals surface area contributed by atoms with Gasteiger partial charge in [0, 0.05) is 18.0 Å². The molecule has 1 aromatic heterocycles. The summed E-state index contributed by atoms with van der Waals surface area (Å²) >= 11 is 5.94. The number of aliphatic hydroxyl groups excluding tert-OH is 1. The summed E-state index contributed by atoms with van der Waals surface area (Å²) in [5.74, 6) is 0.202. The molecule has 0 spiro atoms. The summed E-state index contributed by atoms with van der Waals surface area (Å²) in [6.07, 6.45) is 4.45. The van der Waals surface area contributed by atoms with E-state index in [0.717, 1.165) is 22.4 Å². The first-order valence-electron chi connectivity index (χ1n) is 8.00. The molecule has 0 atom stereocenters. The van der Waals surface area contributed by atoms with Crippen LogP contribution in [0.15, 0.2) is 30.3 Å². The highest BCUT2D eigenvalue weighted by Gasteiger charge is 2.36. The minimum Gasteiger partial charge on any atom is -0.511 e. The van der Waals surface area contributed by atoms with Gasteiger partial charge in [-0.25, -0.2) is 4.68 Å². The van der Waals surface area contributed by atoms with Gasteiger partial charge in [0.25, 0.3) is 0 Å². The van der Waals surface area contributed by atoms with Crippen molar-refractivity contribution in [1.29, 1.82) is 0 Å². The molecule has 0 amide bonds. The Labute approximate surface area is 146 Å². The van der Waals surface area contributed by atoms with Crippen molar-refractivity contribution in [3.05, 3.63) is 52.0 Å². The van der Waals surface area contributed by atoms with Crippen molar-refractivity contribution >= 4 is 23.0 Å². The lowest BCUT2D eigenvalue weighted by atomic mass is 9.74. The molecule has 3 rings (SSSR count). The largest absolute Gasteiger partial charge is 0.511 e. The number of benzene rings is 1. The average molecular weight is 345 g/mol. The van der Waals surface area contributed by atoms with Gasteiger partial charge >= 0.3 is 0 Å². The number of ketones is 1. The maximum Gasteiger partial charge on any atom is 0.166 e. The number of Topliss-reactive ketones (excluding diaryl/α,β-unsaturated/α-hetero) is 1. The lowest BCUT2D eigenvalue weighted by Crippen LogP contribution is -2.26. The van der Waals surface area contributed by atoms with E-state index in [0.29, 0.717) is 23.4 Å². The van der Waals surface area contributed by atoms with Crippen molar-refractivity contribution < 1.29 is 9.90 Å². The van der Waals surface area contributed by atoms with Gasteiger partial charge < -0.3 is 5.11 Å². The first-order valence-corrected chi connectivity index (χ1v) is 8.37. The van der Waals surface area contributed by atoms with Crippen LogP contribution in [-0.2, 0) is 4.79 Å². The summed E-state index contributed by atoms with van der Waals surface area (Å²) in [7, 11) is 0. The molecule has 0 radical (unpaired) electrons. The van der Waals surface area contributed by atoms with Crippen molar-refractivity contribution in [1.82, 2.24) is 9.78 Å². The fraction of sp³-hybridized carbons (Fsp3) is 0.368. The lowest BCUT2D eigenvalue weighted by molar-refractivity contribution is -0.115. The van der Waals surface area contributed by atoms with Crippen molar-refractivity contribution in [2.75, 3.05) is 0 Å². The van der Waals surface area contributed by atoms with Crippen LogP contribution in [0.2, 0.25) is 5.02 Å². The number of hydrogen-bond acceptors (Lipinski definition) is 3. The van der Waals surface area contributed by atoms with Crippen LogP contribution in [0.1, 0.15) is 43.4 Å². The third-order valence-electron chi connectivity index (χ3n) is 4.72. The molecule has 2 aromatic rings. The number of carbonyl (C=O) groups excluding carboxylic acids is 1. The Morgan fingerprint density at radius 3 is 2.42 bits per heavy atom. The predicted octanol–water partition coefficient (Wildman–Crippen LogP) is 4.80. The van der Waals surface area contributed by atoms with Crippen LogP contribution in [0, 0.1) is 19.3 Å². The zero-order chi connectivity index (χ0) is 17.6. The average Bonchev–Trinajstić information content (AvgIpc) is 2.93. The van der Waals surface area contributed by atoms with E-state index < -0.39 is 0 Å². The van der Waals surface area contributed by atoms with E-state index in [-0.39, 0.29) is 17.0 Å². The second-order valence-corrected chi connectivity index (χ2v) is 7.52. The van der Waals surface area contributed by atoms with Crippen molar-refractivity contribution in [3.8, 4) is 5.69 Å². The Bertz CT molecular complexity index is 839. The highest BCUT2D eigenvalue weighted by Crippen LogP contribution is 2.42. The van der Waals surface area contributed by atoms with Crippen LogP contribution >= 0.6 is 11.6 Å². The van der Waals surface area contributed by atoms with Crippen LogP contribution in [0.4, 0.5) is 0 Å². The fourth-order valence-corrected chi connectivity index (χ4v) is 3.44. The Morgan fingerprint density at radius 2 is 1.88 bits per heavy atom. The van der Waals surface area contributed by atoms with Gasteiger partial charge in [0.2, 0.25) is 0 Å². The van der Waals surface area contributed by atoms with Gasteiger partial charge in [-0.15, -0.1) is 0 Å². The zero-order valence-corrected chi connectivity index (χ0v) is 15.1. The number of halogens is 1. The standard InChI is InChI=1S/C19H21ClN2O2/c1-11-7-14(22-10-13(20)9-21-22)8-12(2)16(11)17-15(23)5-6-19(3,4)18(17)24/h7-10,24H,5-6H2,1-4H3. The van der Waals surface area contributed by atoms with Crippen LogP contribution in [0.5, 0.6) is 0 Å². The van der Waals surface area contributed by atoms with E-state index in [1.54, 1.807) is 17.1 Å². The summed E-state index contributed by atoms with van der Waals surface area (Å²) in [6, 6.07) is 3.92. The van der Waals surface area contributed by atoms with Gasteiger partial charge in [-0.2, -0.15) is 5.10 Å². The van der Waals surface area contributed by atoms with Gasteiger partial charge in [-0.1, -0.05) is 25.4 Å². The summed E-state index contributed by atoms with van der Waals surface area (Å²) in [5, 5.41) is 15.5. The quantitative estimate of drug-likeness (QED) is 0.851. The number of hydrogen-bond donors (Lipinski definition) is 1. The zero-order valence-electron chi connectivity index (χ0n) is 14.4. The molecular weight excluding hydrogens is 324 g/mol. The molecule has 0 bridgehead atoms. The van der Waals surface area contributed by atoms with Gasteiger partial charge in [-0.05, 0) is 49.1 Å². The second kappa shape index (κ2) is 5.78. The SMILES string of the molecule is Cc1cc(-n2cc(Cl)cn2)cc(C)c1C1=C(O)C(C)(C)CCC1=O. The van der Waals surface area contributed by atoms with E-state index in [2.05, 4.69) is 5.10 Å². The van der Waals surface area contributed by atoms with Crippen molar-refractivity contribution in [2.24, 2.45) is 5.41 Å². The third-order valence-corrected chi connectivity index (χ3v) is 4.91. The molecule has 1 aromatic carbocycles. The van der Waals surface area contributed by atoms with E-state index >= 15 is 0 Å². The Balaban J connectivity index is 2.17. The number of allylic oxidation sites excluding steroid dienone is 2. The number of aromatic nitrogens is 2. The maximum absolute atomic E-state index is 12.5. The Kier molecular flexibility index (Phi) is 4.04. The smallest absolute Gasteiger partial charge is 0.166 e. The number of nitrogens with zero attached hydrogens (tertiary/aromatic N) is 2. The summed E-state index contributed by atoms with van der Waals surface area (Å²) < 4.78 is 1.70. The molecule has 1 aliphatic rings. The molecule has 4 nitrogen and oxygen atoms in total. The number of aliphatic hydroxyl groups is 1. The molecule has 0 aliphatic heterocycles. The van der Waals surface area contributed by atoms with E-state index in [9.17, 15) is 9.90 Å². The molecular formula is C19H21ClN2O2. The molecule has 1 heterocycles. The molecule has 0 saturated carbocycles. The van der Waals surface area contributed by atoms with Crippen LogP contribution in [-0.4, -0.2) is 20.7 Å². The van der Waals surface area contributed by atoms with Gasteiger partial charge in [0.05, 0.1) is 22.5 Å².